The van der Waals surface area contributed by atoms with Gasteiger partial charge in [0.15, 0.2) is 0 Å². The van der Waals surface area contributed by atoms with E-state index in [9.17, 15) is 9.90 Å². The summed E-state index contributed by atoms with van der Waals surface area (Å²) < 4.78 is 0. The first-order chi connectivity index (χ1) is 8.06. The van der Waals surface area contributed by atoms with Crippen molar-refractivity contribution in [3.63, 3.8) is 0 Å². The van der Waals surface area contributed by atoms with Gasteiger partial charge in [0.1, 0.15) is 5.54 Å². The molecule has 3 heteroatoms. The van der Waals surface area contributed by atoms with Crippen LogP contribution in [0.5, 0.6) is 0 Å². The maximum Gasteiger partial charge on any atom is 0.324 e. The molecule has 17 heavy (non-hydrogen) atoms. The van der Waals surface area contributed by atoms with Crippen LogP contribution in [0.1, 0.15) is 52.4 Å². The summed E-state index contributed by atoms with van der Waals surface area (Å²) in [7, 11) is 0. The van der Waals surface area contributed by atoms with Crippen molar-refractivity contribution in [2.75, 3.05) is 13.1 Å². The fourth-order valence-electron chi connectivity index (χ4n) is 3.59. The second-order valence-corrected chi connectivity index (χ2v) is 6.11. The molecule has 0 aromatic carbocycles. The number of likely N-dealkylation sites (tertiary alicyclic amines) is 1. The average Bonchev–Trinajstić information content (AvgIpc) is 2.82. The van der Waals surface area contributed by atoms with Gasteiger partial charge in [-0.15, -0.1) is 0 Å². The topological polar surface area (TPSA) is 40.5 Å². The minimum atomic E-state index is -0.582. The second kappa shape index (κ2) is 4.97. The van der Waals surface area contributed by atoms with Gasteiger partial charge in [0.25, 0.3) is 0 Å². The van der Waals surface area contributed by atoms with Gasteiger partial charge in [-0.2, -0.15) is 0 Å². The van der Waals surface area contributed by atoms with Gasteiger partial charge in [0.05, 0.1) is 0 Å². The minimum absolute atomic E-state index is 0.526. The molecule has 1 aliphatic carbocycles. The van der Waals surface area contributed by atoms with E-state index in [1.165, 1.54) is 12.8 Å². The van der Waals surface area contributed by atoms with Crippen molar-refractivity contribution < 1.29 is 9.90 Å². The Bertz CT molecular complexity index is 274. The fourth-order valence-corrected chi connectivity index (χ4v) is 3.59. The quantitative estimate of drug-likeness (QED) is 0.823. The van der Waals surface area contributed by atoms with E-state index in [0.29, 0.717) is 5.92 Å². The Labute approximate surface area is 104 Å². The van der Waals surface area contributed by atoms with Crippen molar-refractivity contribution in [2.45, 2.75) is 57.9 Å². The van der Waals surface area contributed by atoms with Crippen LogP contribution in [0.25, 0.3) is 0 Å². The zero-order valence-corrected chi connectivity index (χ0v) is 11.1. The van der Waals surface area contributed by atoms with Crippen LogP contribution >= 0.6 is 0 Å². The Morgan fingerprint density at radius 1 is 1.24 bits per heavy atom. The van der Waals surface area contributed by atoms with Crippen LogP contribution < -0.4 is 0 Å². The predicted octanol–water partition coefficient (Wildman–Crippen LogP) is 2.75. The summed E-state index contributed by atoms with van der Waals surface area (Å²) in [5.41, 5.74) is -0.526. The zero-order valence-electron chi connectivity index (χ0n) is 11.1. The Hall–Kier alpha value is -0.570. The molecule has 1 saturated carbocycles. The maximum atomic E-state index is 11.7. The third kappa shape index (κ3) is 2.35. The van der Waals surface area contributed by atoms with E-state index in [1.807, 2.05) is 0 Å². The zero-order chi connectivity index (χ0) is 12.5. The molecule has 0 bridgehead atoms. The standard InChI is InChI=1S/C14H25NO2/c1-11(2)12-5-7-14(8-6-12,13(16)17)15-9-3-4-10-15/h11-12H,3-10H2,1-2H3,(H,16,17). The van der Waals surface area contributed by atoms with Gasteiger partial charge in [-0.05, 0) is 63.5 Å². The third-order valence-electron chi connectivity index (χ3n) is 4.91. The largest absolute Gasteiger partial charge is 0.480 e. The van der Waals surface area contributed by atoms with Crippen molar-refractivity contribution in [1.82, 2.24) is 4.90 Å². The number of carboxylic acids is 1. The van der Waals surface area contributed by atoms with Crippen LogP contribution in [-0.4, -0.2) is 34.6 Å². The molecule has 0 spiro atoms. The molecular formula is C14H25NO2. The molecule has 1 aliphatic heterocycles. The molecule has 0 aromatic heterocycles. The van der Waals surface area contributed by atoms with Crippen molar-refractivity contribution in [2.24, 2.45) is 11.8 Å². The van der Waals surface area contributed by atoms with Gasteiger partial charge < -0.3 is 5.11 Å². The van der Waals surface area contributed by atoms with E-state index in [-0.39, 0.29) is 0 Å². The highest BCUT2D eigenvalue weighted by Crippen LogP contribution is 2.40. The molecule has 0 aromatic rings. The Kier molecular flexibility index (Phi) is 3.76. The van der Waals surface area contributed by atoms with Crippen LogP contribution in [0.4, 0.5) is 0 Å². The van der Waals surface area contributed by atoms with E-state index in [2.05, 4.69) is 18.7 Å². The number of aliphatic carboxylic acids is 1. The molecule has 2 aliphatic rings. The van der Waals surface area contributed by atoms with Crippen LogP contribution in [0.2, 0.25) is 0 Å². The highest BCUT2D eigenvalue weighted by Gasteiger charge is 2.47. The van der Waals surface area contributed by atoms with Crippen LogP contribution in [0, 0.1) is 11.8 Å². The monoisotopic (exact) mass is 239 g/mol. The summed E-state index contributed by atoms with van der Waals surface area (Å²) in [6.07, 6.45) is 6.21. The summed E-state index contributed by atoms with van der Waals surface area (Å²) in [5, 5.41) is 9.63. The van der Waals surface area contributed by atoms with Crippen molar-refractivity contribution in [3.8, 4) is 0 Å². The lowest BCUT2D eigenvalue weighted by Crippen LogP contribution is -2.55. The maximum absolute atomic E-state index is 11.7. The lowest BCUT2D eigenvalue weighted by atomic mass is 9.72. The van der Waals surface area contributed by atoms with Gasteiger partial charge in [-0.3, -0.25) is 9.69 Å². The molecule has 2 rings (SSSR count). The molecule has 0 radical (unpaired) electrons. The summed E-state index contributed by atoms with van der Waals surface area (Å²) in [6, 6.07) is 0. The van der Waals surface area contributed by atoms with Crippen LogP contribution in [0.3, 0.4) is 0 Å². The van der Waals surface area contributed by atoms with Gasteiger partial charge >= 0.3 is 5.97 Å². The molecule has 0 amide bonds. The van der Waals surface area contributed by atoms with E-state index < -0.39 is 11.5 Å². The Balaban J connectivity index is 2.07. The molecule has 1 N–H and O–H groups in total. The van der Waals surface area contributed by atoms with Gasteiger partial charge in [0.2, 0.25) is 0 Å². The number of hydrogen-bond donors (Lipinski definition) is 1. The summed E-state index contributed by atoms with van der Waals surface area (Å²) >= 11 is 0. The average molecular weight is 239 g/mol. The number of carboxylic acid groups (broad SMARTS) is 1. The molecular weight excluding hydrogens is 214 g/mol. The molecule has 2 fully saturated rings. The lowest BCUT2D eigenvalue weighted by Gasteiger charge is -2.44. The normalized spacial score (nSPS) is 35.4. The molecule has 98 valence electrons. The number of rotatable bonds is 3. The molecule has 0 unspecified atom stereocenters. The lowest BCUT2D eigenvalue weighted by molar-refractivity contribution is -0.154. The number of carbonyl (C=O) groups is 1. The smallest absolute Gasteiger partial charge is 0.324 e. The minimum Gasteiger partial charge on any atom is -0.480 e. The van der Waals surface area contributed by atoms with Crippen LogP contribution in [-0.2, 0) is 4.79 Å². The molecule has 3 nitrogen and oxygen atoms in total. The Morgan fingerprint density at radius 2 is 1.76 bits per heavy atom. The van der Waals surface area contributed by atoms with Gasteiger partial charge in [-0.25, -0.2) is 0 Å². The SMILES string of the molecule is CC(C)C1CCC(C(=O)O)(N2CCCC2)CC1. The first-order valence-corrected chi connectivity index (χ1v) is 7.05. The number of hydrogen-bond acceptors (Lipinski definition) is 2. The summed E-state index contributed by atoms with van der Waals surface area (Å²) in [6.45, 7) is 6.49. The molecule has 1 saturated heterocycles. The van der Waals surface area contributed by atoms with E-state index in [0.717, 1.165) is 44.7 Å². The summed E-state index contributed by atoms with van der Waals surface area (Å²) in [4.78, 5) is 13.9. The van der Waals surface area contributed by atoms with Crippen molar-refractivity contribution in [3.05, 3.63) is 0 Å². The summed E-state index contributed by atoms with van der Waals surface area (Å²) in [5.74, 6) is 0.840. The first kappa shape index (κ1) is 12.9. The van der Waals surface area contributed by atoms with Crippen molar-refractivity contribution >= 4 is 5.97 Å². The highest BCUT2D eigenvalue weighted by atomic mass is 16.4. The Morgan fingerprint density at radius 3 is 2.18 bits per heavy atom. The van der Waals surface area contributed by atoms with E-state index in [4.69, 9.17) is 0 Å². The van der Waals surface area contributed by atoms with Crippen LogP contribution in [0.15, 0.2) is 0 Å². The van der Waals surface area contributed by atoms with Gasteiger partial charge in [-0.1, -0.05) is 13.8 Å². The predicted molar refractivity (Wildman–Crippen MR) is 68.0 cm³/mol. The fraction of sp³-hybridized carbons (Fsp3) is 0.929. The molecule has 1 heterocycles. The van der Waals surface area contributed by atoms with Crippen molar-refractivity contribution in [1.29, 1.82) is 0 Å². The third-order valence-corrected chi connectivity index (χ3v) is 4.91. The van der Waals surface area contributed by atoms with E-state index in [1.54, 1.807) is 0 Å². The second-order valence-electron chi connectivity index (χ2n) is 6.11. The van der Waals surface area contributed by atoms with E-state index >= 15 is 0 Å². The molecule has 0 atom stereocenters. The first-order valence-electron chi connectivity index (χ1n) is 7.05. The highest BCUT2D eigenvalue weighted by molar-refractivity contribution is 5.79. The van der Waals surface area contributed by atoms with Gasteiger partial charge in [0, 0.05) is 0 Å². The number of nitrogens with zero attached hydrogens (tertiary/aromatic N) is 1.